The molecular weight excluding hydrogens is 323 g/mol. The van der Waals surface area contributed by atoms with E-state index in [-0.39, 0.29) is 11.7 Å². The summed E-state index contributed by atoms with van der Waals surface area (Å²) in [6, 6.07) is 3.11. The van der Waals surface area contributed by atoms with E-state index in [2.05, 4.69) is 10.4 Å². The van der Waals surface area contributed by atoms with Gasteiger partial charge in [-0.1, -0.05) is 0 Å². The number of aromatic nitrogens is 3. The van der Waals surface area contributed by atoms with E-state index < -0.39 is 17.9 Å². The quantitative estimate of drug-likeness (QED) is 0.912. The van der Waals surface area contributed by atoms with Crippen molar-refractivity contribution < 1.29 is 18.0 Å². The summed E-state index contributed by atoms with van der Waals surface area (Å²) in [5.41, 5.74) is -0.453. The number of hydrogen-bond donors (Lipinski definition) is 1. The van der Waals surface area contributed by atoms with Crippen LogP contribution in [-0.4, -0.2) is 31.8 Å². The summed E-state index contributed by atoms with van der Waals surface area (Å²) in [6.45, 7) is 0.503. The maximum atomic E-state index is 13.0. The number of carbonyl (C=O) groups excluding carboxylic acids is 1. The summed E-state index contributed by atoms with van der Waals surface area (Å²) >= 11 is 0. The number of rotatable bonds is 2. The fourth-order valence-electron chi connectivity index (χ4n) is 3.11. The van der Waals surface area contributed by atoms with Crippen LogP contribution in [0.5, 0.6) is 0 Å². The molecule has 0 saturated carbocycles. The average molecular weight is 341 g/mol. The van der Waals surface area contributed by atoms with Gasteiger partial charge in [-0.25, -0.2) is 4.79 Å². The Kier molecular flexibility index (Phi) is 4.02. The third-order valence-corrected chi connectivity index (χ3v) is 4.18. The lowest BCUT2D eigenvalue weighted by Crippen LogP contribution is -2.35. The highest BCUT2D eigenvalue weighted by Gasteiger charge is 2.39. The third kappa shape index (κ3) is 2.98. The van der Waals surface area contributed by atoms with E-state index in [1.165, 1.54) is 7.05 Å². The summed E-state index contributed by atoms with van der Waals surface area (Å²) in [7, 11) is 3.26. The highest BCUT2D eigenvalue weighted by Crippen LogP contribution is 2.35. The molecule has 2 aromatic heterocycles. The molecule has 1 aliphatic heterocycles. The lowest BCUT2D eigenvalue weighted by Gasteiger charge is -2.25. The van der Waals surface area contributed by atoms with Crippen molar-refractivity contribution in [2.24, 2.45) is 14.1 Å². The minimum atomic E-state index is -4.62. The second kappa shape index (κ2) is 5.88. The molecule has 0 bridgehead atoms. The average Bonchev–Trinajstić information content (AvgIpc) is 3.17. The zero-order chi connectivity index (χ0) is 17.5. The second-order valence-corrected chi connectivity index (χ2v) is 5.89. The molecule has 9 heteroatoms. The molecule has 3 rings (SSSR count). The molecule has 0 aliphatic carbocycles. The fourth-order valence-corrected chi connectivity index (χ4v) is 3.11. The number of halogens is 3. The molecule has 2 amide bonds. The van der Waals surface area contributed by atoms with E-state index in [0.717, 1.165) is 29.4 Å². The van der Waals surface area contributed by atoms with Crippen LogP contribution in [0, 0.1) is 0 Å². The summed E-state index contributed by atoms with van der Waals surface area (Å²) in [6.07, 6.45) is 0.0141. The van der Waals surface area contributed by atoms with Gasteiger partial charge in [0, 0.05) is 38.7 Å². The van der Waals surface area contributed by atoms with Crippen LogP contribution in [0.3, 0.4) is 0 Å². The fraction of sp³-hybridized carbons (Fsp3) is 0.467. The molecule has 1 N–H and O–H groups in total. The van der Waals surface area contributed by atoms with Gasteiger partial charge in [-0.05, 0) is 25.0 Å². The van der Waals surface area contributed by atoms with Crippen molar-refractivity contribution in [1.82, 2.24) is 19.2 Å². The molecule has 0 aromatic carbocycles. The van der Waals surface area contributed by atoms with Crippen LogP contribution < -0.4 is 5.32 Å². The van der Waals surface area contributed by atoms with Gasteiger partial charge in [-0.3, -0.25) is 4.68 Å². The number of alkyl halides is 3. The minimum absolute atomic E-state index is 0.143. The summed E-state index contributed by atoms with van der Waals surface area (Å²) < 4.78 is 42.0. The Morgan fingerprint density at radius 2 is 2.12 bits per heavy atom. The Morgan fingerprint density at radius 3 is 2.75 bits per heavy atom. The number of nitrogens with one attached hydrogen (secondary N) is 1. The maximum Gasteiger partial charge on any atom is 0.437 e. The normalized spacial score (nSPS) is 18.2. The predicted molar refractivity (Wildman–Crippen MR) is 81.3 cm³/mol. The number of carbonyl (C=O) groups is 1. The van der Waals surface area contributed by atoms with Crippen molar-refractivity contribution in [3.05, 3.63) is 35.9 Å². The Balaban J connectivity index is 1.82. The number of anilines is 1. The highest BCUT2D eigenvalue weighted by molar-refractivity contribution is 5.90. The van der Waals surface area contributed by atoms with Gasteiger partial charge in [-0.2, -0.15) is 18.3 Å². The first-order valence-electron chi connectivity index (χ1n) is 7.57. The third-order valence-electron chi connectivity index (χ3n) is 4.18. The lowest BCUT2D eigenvalue weighted by molar-refractivity contribution is -0.140. The van der Waals surface area contributed by atoms with Gasteiger partial charge in [0.2, 0.25) is 0 Å². The van der Waals surface area contributed by atoms with Gasteiger partial charge in [0.25, 0.3) is 0 Å². The molecule has 130 valence electrons. The van der Waals surface area contributed by atoms with Crippen LogP contribution in [-0.2, 0) is 20.3 Å². The standard InChI is InChI=1S/C15H18F3N5O/c1-21-7-3-5-11(21)12-6-4-8-23(12)14(24)19-10-9-22(2)20-13(10)15(16,17)18/h3,5,7,9,12H,4,6,8H2,1-2H3,(H,19,24). The maximum absolute atomic E-state index is 13.0. The van der Waals surface area contributed by atoms with Crippen LogP contribution in [0.15, 0.2) is 24.5 Å². The first kappa shape index (κ1) is 16.4. The monoisotopic (exact) mass is 341 g/mol. The van der Waals surface area contributed by atoms with Crippen LogP contribution >= 0.6 is 0 Å². The first-order valence-corrected chi connectivity index (χ1v) is 7.57. The minimum Gasteiger partial charge on any atom is -0.353 e. The van der Waals surface area contributed by atoms with Crippen molar-refractivity contribution in [3.8, 4) is 0 Å². The van der Waals surface area contributed by atoms with E-state index in [9.17, 15) is 18.0 Å². The molecule has 1 aliphatic rings. The molecule has 24 heavy (non-hydrogen) atoms. The Morgan fingerprint density at radius 1 is 1.38 bits per heavy atom. The molecule has 0 radical (unpaired) electrons. The van der Waals surface area contributed by atoms with Gasteiger partial charge in [-0.15, -0.1) is 0 Å². The summed E-state index contributed by atoms with van der Waals surface area (Å²) in [4.78, 5) is 14.1. The Bertz CT molecular complexity index is 749. The zero-order valence-corrected chi connectivity index (χ0v) is 13.3. The molecule has 1 atom stereocenters. The predicted octanol–water partition coefficient (Wildman–Crippen LogP) is 3.15. The zero-order valence-electron chi connectivity index (χ0n) is 13.3. The number of hydrogen-bond acceptors (Lipinski definition) is 2. The van der Waals surface area contributed by atoms with Crippen molar-refractivity contribution in [2.45, 2.75) is 25.1 Å². The van der Waals surface area contributed by atoms with E-state index in [4.69, 9.17) is 0 Å². The smallest absolute Gasteiger partial charge is 0.353 e. The molecule has 0 spiro atoms. The number of likely N-dealkylation sites (tertiary alicyclic amines) is 1. The number of nitrogens with zero attached hydrogens (tertiary/aromatic N) is 4. The van der Waals surface area contributed by atoms with Crippen LogP contribution in [0.1, 0.15) is 30.3 Å². The van der Waals surface area contributed by atoms with Gasteiger partial charge >= 0.3 is 12.2 Å². The molecule has 1 unspecified atom stereocenters. The largest absolute Gasteiger partial charge is 0.437 e. The number of urea groups is 1. The van der Waals surface area contributed by atoms with Crippen LogP contribution in [0.4, 0.5) is 23.7 Å². The molecule has 1 saturated heterocycles. The Hall–Kier alpha value is -2.45. The molecular formula is C15H18F3N5O. The van der Waals surface area contributed by atoms with Crippen molar-refractivity contribution in [3.63, 3.8) is 0 Å². The molecule has 6 nitrogen and oxygen atoms in total. The SMILES string of the molecule is Cn1cc(NC(=O)N2CCCC2c2cccn2C)c(C(F)(F)F)n1. The van der Waals surface area contributed by atoms with E-state index in [1.54, 1.807) is 4.90 Å². The van der Waals surface area contributed by atoms with Gasteiger partial charge in [0.05, 0.1) is 11.7 Å². The molecule has 1 fully saturated rings. The van der Waals surface area contributed by atoms with Crippen LogP contribution in [0.2, 0.25) is 0 Å². The van der Waals surface area contributed by atoms with Crippen molar-refractivity contribution >= 4 is 11.7 Å². The Labute approximate surface area is 136 Å². The van der Waals surface area contributed by atoms with Gasteiger partial charge < -0.3 is 14.8 Å². The van der Waals surface area contributed by atoms with E-state index in [0.29, 0.717) is 6.54 Å². The van der Waals surface area contributed by atoms with Crippen molar-refractivity contribution in [2.75, 3.05) is 11.9 Å². The van der Waals surface area contributed by atoms with E-state index >= 15 is 0 Å². The number of aryl methyl sites for hydroxylation is 2. The van der Waals surface area contributed by atoms with Gasteiger partial charge in [0.1, 0.15) is 0 Å². The first-order chi connectivity index (χ1) is 11.3. The topological polar surface area (TPSA) is 55.1 Å². The second-order valence-electron chi connectivity index (χ2n) is 5.89. The van der Waals surface area contributed by atoms with Gasteiger partial charge in [0.15, 0.2) is 5.69 Å². The van der Waals surface area contributed by atoms with Crippen LogP contribution in [0.25, 0.3) is 0 Å². The number of amides is 2. The lowest BCUT2D eigenvalue weighted by atomic mass is 10.1. The highest BCUT2D eigenvalue weighted by atomic mass is 19.4. The van der Waals surface area contributed by atoms with E-state index in [1.807, 2.05) is 29.9 Å². The molecule has 2 aromatic rings. The summed E-state index contributed by atoms with van der Waals surface area (Å²) in [5, 5.41) is 5.76. The van der Waals surface area contributed by atoms with Crippen molar-refractivity contribution in [1.29, 1.82) is 0 Å². The molecule has 3 heterocycles. The summed E-state index contributed by atoms with van der Waals surface area (Å²) in [5.74, 6) is 0.